The third-order valence-electron chi connectivity index (χ3n) is 1.99. The summed E-state index contributed by atoms with van der Waals surface area (Å²) in [6.45, 7) is 0.578. The van der Waals surface area contributed by atoms with Gasteiger partial charge in [0.15, 0.2) is 5.82 Å². The van der Waals surface area contributed by atoms with Gasteiger partial charge in [-0.25, -0.2) is 0 Å². The highest BCUT2D eigenvalue weighted by Crippen LogP contribution is 2.21. The lowest BCUT2D eigenvalue weighted by molar-refractivity contribution is -0.134. The quantitative estimate of drug-likeness (QED) is 0.767. The molecule has 0 unspecified atom stereocenters. The zero-order valence-electron chi connectivity index (χ0n) is 8.76. The first-order chi connectivity index (χ1) is 7.51. The molecule has 2 N–H and O–H groups in total. The molecule has 0 bridgehead atoms. The molecule has 0 aliphatic heterocycles. The molecule has 1 heterocycles. The molecule has 0 radical (unpaired) electrons. The standard InChI is InChI=1S/C9H14F3N3O/c10-9(11,12)5-4-7-14-8(16-15-7)3-1-2-6-13/h1-6,13H2. The molecule has 4 nitrogen and oxygen atoms in total. The first kappa shape index (κ1) is 13.0. The minimum absolute atomic E-state index is 0.111. The Hall–Kier alpha value is -1.11. The van der Waals surface area contributed by atoms with Crippen molar-refractivity contribution in [1.29, 1.82) is 0 Å². The van der Waals surface area contributed by atoms with Crippen molar-refractivity contribution in [3.63, 3.8) is 0 Å². The van der Waals surface area contributed by atoms with E-state index in [9.17, 15) is 13.2 Å². The van der Waals surface area contributed by atoms with Crippen molar-refractivity contribution in [2.24, 2.45) is 5.73 Å². The smallest absolute Gasteiger partial charge is 0.339 e. The number of nitrogens with zero attached hydrogens (tertiary/aromatic N) is 2. The molecular formula is C9H14F3N3O. The Morgan fingerprint density at radius 1 is 1.19 bits per heavy atom. The average Bonchev–Trinajstić information content (AvgIpc) is 2.62. The molecule has 0 aromatic carbocycles. The van der Waals surface area contributed by atoms with E-state index in [1.807, 2.05) is 0 Å². The van der Waals surface area contributed by atoms with Gasteiger partial charge in [0.1, 0.15) is 0 Å². The maximum atomic E-state index is 11.9. The van der Waals surface area contributed by atoms with E-state index in [1.54, 1.807) is 0 Å². The fourth-order valence-electron chi connectivity index (χ4n) is 1.17. The molecule has 0 atom stereocenters. The van der Waals surface area contributed by atoms with Crippen LogP contribution in [0.4, 0.5) is 13.2 Å². The minimum atomic E-state index is -4.18. The Balaban J connectivity index is 2.33. The van der Waals surface area contributed by atoms with Crippen LogP contribution in [0.5, 0.6) is 0 Å². The van der Waals surface area contributed by atoms with Crippen molar-refractivity contribution >= 4 is 0 Å². The van der Waals surface area contributed by atoms with Crippen molar-refractivity contribution in [3.8, 4) is 0 Å². The molecule has 0 spiro atoms. The predicted molar refractivity (Wildman–Crippen MR) is 50.7 cm³/mol. The lowest BCUT2D eigenvalue weighted by atomic mass is 10.2. The Morgan fingerprint density at radius 2 is 1.94 bits per heavy atom. The number of hydrogen-bond donors (Lipinski definition) is 1. The van der Waals surface area contributed by atoms with Crippen LogP contribution in [0.25, 0.3) is 0 Å². The second kappa shape index (κ2) is 5.83. The number of alkyl halides is 3. The van der Waals surface area contributed by atoms with Crippen LogP contribution >= 0.6 is 0 Å². The average molecular weight is 237 g/mol. The monoisotopic (exact) mass is 237 g/mol. The fourth-order valence-corrected chi connectivity index (χ4v) is 1.17. The third-order valence-corrected chi connectivity index (χ3v) is 1.99. The van der Waals surface area contributed by atoms with Crippen molar-refractivity contribution in [2.75, 3.05) is 6.54 Å². The largest absolute Gasteiger partial charge is 0.389 e. The molecule has 0 aliphatic rings. The Labute approximate surface area is 91.0 Å². The minimum Gasteiger partial charge on any atom is -0.339 e. The number of unbranched alkanes of at least 4 members (excludes halogenated alkanes) is 1. The van der Waals surface area contributed by atoms with Crippen LogP contribution in [-0.4, -0.2) is 22.9 Å². The Morgan fingerprint density at radius 3 is 2.56 bits per heavy atom. The van der Waals surface area contributed by atoms with Crippen LogP contribution in [0.2, 0.25) is 0 Å². The zero-order chi connectivity index (χ0) is 12.0. The summed E-state index contributed by atoms with van der Waals surface area (Å²) in [6, 6.07) is 0. The second-order valence-electron chi connectivity index (χ2n) is 3.47. The van der Waals surface area contributed by atoms with E-state index < -0.39 is 12.6 Å². The van der Waals surface area contributed by atoms with Gasteiger partial charge >= 0.3 is 6.18 Å². The summed E-state index contributed by atoms with van der Waals surface area (Å²) < 4.78 is 40.5. The molecule has 0 aliphatic carbocycles. The highest BCUT2D eigenvalue weighted by molar-refractivity contribution is 4.87. The number of aromatic nitrogens is 2. The van der Waals surface area contributed by atoms with Crippen molar-refractivity contribution in [2.45, 2.75) is 38.3 Å². The van der Waals surface area contributed by atoms with Gasteiger partial charge in [-0.2, -0.15) is 18.2 Å². The molecular weight excluding hydrogens is 223 g/mol. The number of rotatable bonds is 6. The molecule has 0 amide bonds. The predicted octanol–water partition coefficient (Wildman–Crippen LogP) is 1.85. The Kier molecular flexibility index (Phi) is 4.72. The third kappa shape index (κ3) is 5.11. The van der Waals surface area contributed by atoms with E-state index in [4.69, 9.17) is 10.3 Å². The van der Waals surface area contributed by atoms with Crippen molar-refractivity contribution in [1.82, 2.24) is 10.1 Å². The molecule has 7 heteroatoms. The highest BCUT2D eigenvalue weighted by Gasteiger charge is 2.27. The van der Waals surface area contributed by atoms with Crippen LogP contribution in [0.3, 0.4) is 0 Å². The van der Waals surface area contributed by atoms with E-state index in [2.05, 4.69) is 10.1 Å². The summed E-state index contributed by atoms with van der Waals surface area (Å²) in [5, 5.41) is 3.48. The highest BCUT2D eigenvalue weighted by atomic mass is 19.4. The van der Waals surface area contributed by atoms with Crippen LogP contribution in [0, 0.1) is 0 Å². The van der Waals surface area contributed by atoms with Crippen molar-refractivity contribution < 1.29 is 17.7 Å². The summed E-state index contributed by atoms with van der Waals surface area (Å²) in [4.78, 5) is 3.87. The summed E-state index contributed by atoms with van der Waals surface area (Å²) in [5.41, 5.74) is 5.30. The molecule has 1 aromatic heterocycles. The van der Waals surface area contributed by atoms with Gasteiger partial charge in [-0.3, -0.25) is 0 Å². The maximum Gasteiger partial charge on any atom is 0.389 e. The maximum absolute atomic E-state index is 11.9. The van der Waals surface area contributed by atoms with Gasteiger partial charge in [-0.1, -0.05) is 5.16 Å². The fraction of sp³-hybridized carbons (Fsp3) is 0.778. The number of hydrogen-bond acceptors (Lipinski definition) is 4. The lowest BCUT2D eigenvalue weighted by Crippen LogP contribution is -2.09. The molecule has 16 heavy (non-hydrogen) atoms. The van der Waals surface area contributed by atoms with Gasteiger partial charge in [-0.15, -0.1) is 0 Å². The molecule has 1 aromatic rings. The van der Waals surface area contributed by atoms with E-state index in [0.29, 0.717) is 18.9 Å². The van der Waals surface area contributed by atoms with Gasteiger partial charge in [0, 0.05) is 12.8 Å². The van der Waals surface area contributed by atoms with E-state index >= 15 is 0 Å². The topological polar surface area (TPSA) is 64.9 Å². The normalized spacial score (nSPS) is 12.0. The van der Waals surface area contributed by atoms with Gasteiger partial charge in [0.05, 0.1) is 6.42 Å². The first-order valence-electron chi connectivity index (χ1n) is 5.09. The van der Waals surface area contributed by atoms with Gasteiger partial charge in [-0.05, 0) is 19.4 Å². The molecule has 0 saturated carbocycles. The first-order valence-corrected chi connectivity index (χ1v) is 5.09. The van der Waals surface area contributed by atoms with E-state index in [-0.39, 0.29) is 12.2 Å². The van der Waals surface area contributed by atoms with Crippen LogP contribution in [0.15, 0.2) is 4.52 Å². The molecule has 1 rings (SSSR count). The van der Waals surface area contributed by atoms with E-state index in [1.165, 1.54) is 0 Å². The van der Waals surface area contributed by atoms with Gasteiger partial charge in [0.2, 0.25) is 5.89 Å². The second-order valence-corrected chi connectivity index (χ2v) is 3.47. The van der Waals surface area contributed by atoms with Crippen LogP contribution < -0.4 is 5.73 Å². The Bertz CT molecular complexity index is 311. The molecule has 92 valence electrons. The van der Waals surface area contributed by atoms with Crippen molar-refractivity contribution in [3.05, 3.63) is 11.7 Å². The van der Waals surface area contributed by atoms with E-state index in [0.717, 1.165) is 12.8 Å². The molecule has 0 saturated heterocycles. The number of aryl methyl sites for hydroxylation is 2. The number of nitrogens with two attached hydrogens (primary N) is 1. The van der Waals surface area contributed by atoms with Gasteiger partial charge < -0.3 is 10.3 Å². The SMILES string of the molecule is NCCCCc1nc(CCC(F)(F)F)no1. The summed E-state index contributed by atoms with van der Waals surface area (Å²) in [7, 11) is 0. The van der Waals surface area contributed by atoms with Crippen LogP contribution in [0.1, 0.15) is 31.0 Å². The summed E-state index contributed by atoms with van der Waals surface area (Å²) in [6.07, 6.45) is -3.13. The summed E-state index contributed by atoms with van der Waals surface area (Å²) in [5.74, 6) is 0.491. The van der Waals surface area contributed by atoms with Gasteiger partial charge in [0.25, 0.3) is 0 Å². The lowest BCUT2D eigenvalue weighted by Gasteiger charge is -2.01. The molecule has 0 fully saturated rings. The van der Waals surface area contributed by atoms with Crippen LogP contribution in [-0.2, 0) is 12.8 Å². The number of halogens is 3. The zero-order valence-corrected chi connectivity index (χ0v) is 8.76. The summed E-state index contributed by atoms with van der Waals surface area (Å²) >= 11 is 0.